The molecule has 1 saturated heterocycles. The van der Waals surface area contributed by atoms with Gasteiger partial charge in [0.05, 0.1) is 0 Å². The van der Waals surface area contributed by atoms with Gasteiger partial charge in [-0.15, -0.1) is 11.3 Å². The molecule has 0 aliphatic carbocycles. The number of likely N-dealkylation sites (tertiary alicyclic amines) is 1. The SMILES string of the molecule is Brc1ccsc1CNCCCN1CCCC1. The maximum absolute atomic E-state index is 3.55. The van der Waals surface area contributed by atoms with E-state index < -0.39 is 0 Å². The van der Waals surface area contributed by atoms with Gasteiger partial charge >= 0.3 is 0 Å². The summed E-state index contributed by atoms with van der Waals surface area (Å²) < 4.78 is 1.24. The summed E-state index contributed by atoms with van der Waals surface area (Å²) in [6.45, 7) is 6.02. The number of nitrogens with zero attached hydrogens (tertiary/aromatic N) is 1. The van der Waals surface area contributed by atoms with Crippen LogP contribution in [0.2, 0.25) is 0 Å². The van der Waals surface area contributed by atoms with Gasteiger partial charge < -0.3 is 10.2 Å². The minimum atomic E-state index is 0.998. The Balaban J connectivity index is 1.53. The average molecular weight is 303 g/mol. The van der Waals surface area contributed by atoms with E-state index in [1.54, 1.807) is 0 Å². The number of hydrogen-bond acceptors (Lipinski definition) is 3. The fraction of sp³-hybridized carbons (Fsp3) is 0.667. The molecule has 1 fully saturated rings. The van der Waals surface area contributed by atoms with Crippen molar-refractivity contribution in [3.05, 3.63) is 20.8 Å². The molecular formula is C12H19BrN2S. The molecule has 0 aromatic carbocycles. The third-order valence-electron chi connectivity index (χ3n) is 3.00. The molecule has 16 heavy (non-hydrogen) atoms. The summed E-state index contributed by atoms with van der Waals surface area (Å²) >= 11 is 5.36. The van der Waals surface area contributed by atoms with Crippen LogP contribution >= 0.6 is 27.3 Å². The van der Waals surface area contributed by atoms with E-state index in [2.05, 4.69) is 37.6 Å². The van der Waals surface area contributed by atoms with Gasteiger partial charge in [0.25, 0.3) is 0 Å². The molecule has 1 N–H and O–H groups in total. The lowest BCUT2D eigenvalue weighted by atomic mass is 10.3. The van der Waals surface area contributed by atoms with E-state index in [0.29, 0.717) is 0 Å². The molecule has 2 nitrogen and oxygen atoms in total. The fourth-order valence-corrected chi connectivity index (χ4v) is 3.55. The van der Waals surface area contributed by atoms with Crippen molar-refractivity contribution in [3.63, 3.8) is 0 Å². The standard InChI is InChI=1S/C12H19BrN2S/c13-11-4-9-16-12(11)10-14-5-3-8-15-6-1-2-7-15/h4,9,14H,1-3,5-8,10H2. The molecule has 0 saturated carbocycles. The molecule has 0 radical (unpaired) electrons. The Morgan fingerprint density at radius 2 is 2.19 bits per heavy atom. The van der Waals surface area contributed by atoms with Gasteiger partial charge in [0.15, 0.2) is 0 Å². The first kappa shape index (κ1) is 12.6. The highest BCUT2D eigenvalue weighted by molar-refractivity contribution is 9.10. The van der Waals surface area contributed by atoms with Gasteiger partial charge in [-0.1, -0.05) is 0 Å². The van der Waals surface area contributed by atoms with E-state index in [9.17, 15) is 0 Å². The zero-order chi connectivity index (χ0) is 11.2. The van der Waals surface area contributed by atoms with Crippen molar-refractivity contribution in [2.24, 2.45) is 0 Å². The molecule has 2 rings (SSSR count). The van der Waals surface area contributed by atoms with E-state index >= 15 is 0 Å². The van der Waals surface area contributed by atoms with Gasteiger partial charge in [0.1, 0.15) is 0 Å². The van der Waals surface area contributed by atoms with Gasteiger partial charge in [0, 0.05) is 15.9 Å². The lowest BCUT2D eigenvalue weighted by Crippen LogP contribution is -2.24. The fourth-order valence-electron chi connectivity index (χ4n) is 2.09. The normalized spacial score (nSPS) is 17.1. The molecule has 1 aliphatic rings. The Bertz CT molecular complexity index is 308. The summed E-state index contributed by atoms with van der Waals surface area (Å²) in [5.74, 6) is 0. The summed E-state index contributed by atoms with van der Waals surface area (Å²) in [5, 5.41) is 5.64. The highest BCUT2D eigenvalue weighted by Gasteiger charge is 2.09. The van der Waals surface area contributed by atoms with Crippen LogP contribution < -0.4 is 5.32 Å². The van der Waals surface area contributed by atoms with Crippen LogP contribution in [0.15, 0.2) is 15.9 Å². The van der Waals surface area contributed by atoms with E-state index in [0.717, 1.165) is 13.1 Å². The Kier molecular flexibility index (Phi) is 5.29. The summed E-state index contributed by atoms with van der Waals surface area (Å²) in [5.41, 5.74) is 0. The third kappa shape index (κ3) is 3.84. The maximum Gasteiger partial charge on any atom is 0.0327 e. The monoisotopic (exact) mass is 302 g/mol. The van der Waals surface area contributed by atoms with Crippen LogP contribution in [0.4, 0.5) is 0 Å². The van der Waals surface area contributed by atoms with Gasteiger partial charge in [-0.3, -0.25) is 0 Å². The summed E-state index contributed by atoms with van der Waals surface area (Å²) in [6, 6.07) is 2.12. The van der Waals surface area contributed by atoms with E-state index in [-0.39, 0.29) is 0 Å². The quantitative estimate of drug-likeness (QED) is 0.813. The van der Waals surface area contributed by atoms with Crippen molar-refractivity contribution in [1.82, 2.24) is 10.2 Å². The molecule has 1 aliphatic heterocycles. The predicted octanol–water partition coefficient (Wildman–Crippen LogP) is 3.09. The van der Waals surface area contributed by atoms with Crippen molar-refractivity contribution in [2.75, 3.05) is 26.2 Å². The minimum absolute atomic E-state index is 0.998. The second kappa shape index (κ2) is 6.74. The summed E-state index contributed by atoms with van der Waals surface area (Å²) in [7, 11) is 0. The van der Waals surface area contributed by atoms with Gasteiger partial charge in [-0.2, -0.15) is 0 Å². The molecule has 0 amide bonds. The molecule has 0 spiro atoms. The van der Waals surface area contributed by atoms with Crippen molar-refractivity contribution >= 4 is 27.3 Å². The first-order valence-corrected chi connectivity index (χ1v) is 7.68. The highest BCUT2D eigenvalue weighted by Crippen LogP contribution is 2.22. The zero-order valence-electron chi connectivity index (χ0n) is 9.54. The van der Waals surface area contributed by atoms with E-state index in [1.165, 1.54) is 48.2 Å². The molecule has 0 unspecified atom stereocenters. The second-order valence-corrected chi connectivity index (χ2v) is 6.13. The second-order valence-electron chi connectivity index (χ2n) is 4.27. The first-order valence-electron chi connectivity index (χ1n) is 6.01. The minimum Gasteiger partial charge on any atom is -0.312 e. The largest absolute Gasteiger partial charge is 0.312 e. The Morgan fingerprint density at radius 1 is 1.38 bits per heavy atom. The Hall–Kier alpha value is 0.1000. The van der Waals surface area contributed by atoms with Gasteiger partial charge in [-0.05, 0) is 72.8 Å². The van der Waals surface area contributed by atoms with Gasteiger partial charge in [0.2, 0.25) is 0 Å². The van der Waals surface area contributed by atoms with Crippen LogP contribution in [0.1, 0.15) is 24.1 Å². The van der Waals surface area contributed by atoms with Crippen LogP contribution in [0.5, 0.6) is 0 Å². The Morgan fingerprint density at radius 3 is 2.88 bits per heavy atom. The molecule has 0 bridgehead atoms. The van der Waals surface area contributed by atoms with E-state index in [1.807, 2.05) is 11.3 Å². The number of halogens is 1. The molecule has 1 aromatic rings. The topological polar surface area (TPSA) is 15.3 Å². The number of nitrogens with one attached hydrogen (secondary N) is 1. The number of hydrogen-bond donors (Lipinski definition) is 1. The van der Waals surface area contributed by atoms with Crippen molar-refractivity contribution in [3.8, 4) is 0 Å². The van der Waals surface area contributed by atoms with Crippen LogP contribution in [-0.2, 0) is 6.54 Å². The molecule has 2 heterocycles. The van der Waals surface area contributed by atoms with Crippen LogP contribution in [0.3, 0.4) is 0 Å². The molecule has 90 valence electrons. The van der Waals surface area contributed by atoms with E-state index in [4.69, 9.17) is 0 Å². The zero-order valence-corrected chi connectivity index (χ0v) is 11.9. The van der Waals surface area contributed by atoms with Crippen LogP contribution in [0, 0.1) is 0 Å². The van der Waals surface area contributed by atoms with Gasteiger partial charge in [-0.25, -0.2) is 0 Å². The average Bonchev–Trinajstić information content (AvgIpc) is 2.90. The summed E-state index contributed by atoms with van der Waals surface area (Å²) in [6.07, 6.45) is 4.06. The number of thiophene rings is 1. The first-order chi connectivity index (χ1) is 7.86. The van der Waals surface area contributed by atoms with Crippen molar-refractivity contribution < 1.29 is 0 Å². The number of rotatable bonds is 6. The molecular weight excluding hydrogens is 284 g/mol. The molecule has 1 aromatic heterocycles. The third-order valence-corrected chi connectivity index (χ3v) is 4.93. The van der Waals surface area contributed by atoms with Crippen molar-refractivity contribution in [1.29, 1.82) is 0 Å². The predicted molar refractivity (Wildman–Crippen MR) is 74.0 cm³/mol. The smallest absolute Gasteiger partial charge is 0.0327 e. The lowest BCUT2D eigenvalue weighted by Gasteiger charge is -2.14. The van der Waals surface area contributed by atoms with Crippen molar-refractivity contribution in [2.45, 2.75) is 25.8 Å². The Labute approximate surface area is 110 Å². The maximum atomic E-state index is 3.55. The van der Waals surface area contributed by atoms with Crippen LogP contribution in [-0.4, -0.2) is 31.1 Å². The molecule has 4 heteroatoms. The summed E-state index contributed by atoms with van der Waals surface area (Å²) in [4.78, 5) is 3.98. The van der Waals surface area contributed by atoms with Crippen LogP contribution in [0.25, 0.3) is 0 Å². The highest BCUT2D eigenvalue weighted by atomic mass is 79.9. The molecule has 0 atom stereocenters. The lowest BCUT2D eigenvalue weighted by molar-refractivity contribution is 0.331.